The highest BCUT2D eigenvalue weighted by Crippen LogP contribution is 2.32. The number of imide groups is 1. The number of hydrogen-bond donors (Lipinski definition) is 1. The fraction of sp³-hybridized carbons (Fsp3) is 0.118. The molecule has 1 aromatic carbocycles. The van der Waals surface area contributed by atoms with Crippen LogP contribution in [0.4, 0.5) is 9.18 Å². The molecule has 1 aromatic heterocycles. The molecular weight excluding hydrogens is 427 g/mol. The Bertz CT molecular complexity index is 912. The average molecular weight is 439 g/mol. The Labute approximate surface area is 160 Å². The lowest BCUT2D eigenvalue weighted by Crippen LogP contribution is -2.37. The van der Waals surface area contributed by atoms with E-state index in [2.05, 4.69) is 21.2 Å². The Morgan fingerprint density at radius 1 is 1.27 bits per heavy atom. The van der Waals surface area contributed by atoms with Gasteiger partial charge in [-0.05, 0) is 52.0 Å². The van der Waals surface area contributed by atoms with Gasteiger partial charge in [0.1, 0.15) is 5.82 Å². The second kappa shape index (κ2) is 7.88. The van der Waals surface area contributed by atoms with Gasteiger partial charge >= 0.3 is 0 Å². The summed E-state index contributed by atoms with van der Waals surface area (Å²) in [6.07, 6.45) is 1.35. The molecule has 1 aliphatic heterocycles. The molecule has 6 nitrogen and oxygen atoms in total. The largest absolute Gasteiger partial charge is 0.444 e. The molecule has 0 saturated carbocycles. The smallest absolute Gasteiger partial charge is 0.293 e. The van der Waals surface area contributed by atoms with Crippen LogP contribution in [0.15, 0.2) is 50.4 Å². The molecule has 1 fully saturated rings. The van der Waals surface area contributed by atoms with Gasteiger partial charge in [-0.3, -0.25) is 19.3 Å². The molecule has 0 unspecified atom stereocenters. The van der Waals surface area contributed by atoms with Crippen molar-refractivity contribution in [2.45, 2.75) is 0 Å². The zero-order valence-electron chi connectivity index (χ0n) is 13.2. The lowest BCUT2D eigenvalue weighted by molar-refractivity contribution is -0.122. The average Bonchev–Trinajstić information content (AvgIpc) is 3.15. The van der Waals surface area contributed by atoms with Gasteiger partial charge in [0.15, 0.2) is 10.4 Å². The first-order valence-corrected chi connectivity index (χ1v) is 9.10. The number of carbonyl (C=O) groups excluding carboxylic acids is 3. The first kappa shape index (κ1) is 18.4. The van der Waals surface area contributed by atoms with E-state index < -0.39 is 22.9 Å². The summed E-state index contributed by atoms with van der Waals surface area (Å²) >= 11 is 3.84. The zero-order valence-corrected chi connectivity index (χ0v) is 15.6. The number of nitrogens with one attached hydrogen (secondary N) is 1. The Kier molecular flexibility index (Phi) is 5.58. The van der Waals surface area contributed by atoms with E-state index in [0.717, 1.165) is 16.7 Å². The van der Waals surface area contributed by atoms with Crippen LogP contribution in [0.3, 0.4) is 0 Å². The van der Waals surface area contributed by atoms with Crippen LogP contribution in [0.1, 0.15) is 16.1 Å². The first-order chi connectivity index (χ1) is 12.5. The number of rotatable bonds is 5. The molecule has 1 saturated heterocycles. The van der Waals surface area contributed by atoms with Crippen LogP contribution in [-0.2, 0) is 4.79 Å². The van der Waals surface area contributed by atoms with Gasteiger partial charge in [-0.2, -0.15) is 0 Å². The number of halogens is 2. The third kappa shape index (κ3) is 4.05. The summed E-state index contributed by atoms with van der Waals surface area (Å²) in [5, 5.41) is 2.10. The molecule has 3 rings (SSSR count). The Hall–Kier alpha value is -2.39. The van der Waals surface area contributed by atoms with Gasteiger partial charge in [0.05, 0.1) is 4.91 Å². The minimum Gasteiger partial charge on any atom is -0.444 e. The third-order valence-corrected chi connectivity index (χ3v) is 4.82. The maximum Gasteiger partial charge on any atom is 0.293 e. The van der Waals surface area contributed by atoms with Gasteiger partial charge in [0, 0.05) is 18.7 Å². The summed E-state index contributed by atoms with van der Waals surface area (Å²) in [5.74, 6) is -1.33. The number of benzene rings is 1. The van der Waals surface area contributed by atoms with E-state index in [0.29, 0.717) is 4.67 Å². The van der Waals surface area contributed by atoms with E-state index in [1.54, 1.807) is 18.2 Å². The molecule has 3 amide bonds. The second-order valence-corrected chi connectivity index (χ2v) is 6.99. The number of amides is 3. The fourth-order valence-corrected chi connectivity index (χ4v) is 3.39. The number of thioether (sulfide) groups is 1. The Morgan fingerprint density at radius 2 is 2.04 bits per heavy atom. The molecule has 1 aliphatic rings. The number of hydrogen-bond acceptors (Lipinski definition) is 5. The highest BCUT2D eigenvalue weighted by Gasteiger charge is 2.34. The van der Waals surface area contributed by atoms with E-state index in [1.165, 1.54) is 24.3 Å². The summed E-state index contributed by atoms with van der Waals surface area (Å²) in [5.41, 5.74) is 0.231. The Morgan fingerprint density at radius 3 is 2.73 bits per heavy atom. The van der Waals surface area contributed by atoms with E-state index in [-0.39, 0.29) is 29.3 Å². The SMILES string of the molecule is O=C(NCCN1C(=O)S/C(=C\c2ccccc2F)C1=O)c1ccc(Br)o1. The normalized spacial score (nSPS) is 15.8. The molecule has 9 heteroatoms. The van der Waals surface area contributed by atoms with Crippen LogP contribution in [0.2, 0.25) is 0 Å². The fourth-order valence-electron chi connectivity index (χ4n) is 2.23. The molecule has 0 bridgehead atoms. The molecule has 26 heavy (non-hydrogen) atoms. The number of nitrogens with zero attached hydrogens (tertiary/aromatic N) is 1. The summed E-state index contributed by atoms with van der Waals surface area (Å²) in [4.78, 5) is 37.4. The highest BCUT2D eigenvalue weighted by atomic mass is 79.9. The van der Waals surface area contributed by atoms with Gasteiger partial charge in [-0.25, -0.2) is 4.39 Å². The molecule has 0 aliphatic carbocycles. The van der Waals surface area contributed by atoms with Crippen molar-refractivity contribution in [2.75, 3.05) is 13.1 Å². The summed E-state index contributed by atoms with van der Waals surface area (Å²) < 4.78 is 19.2. The van der Waals surface area contributed by atoms with E-state index in [1.807, 2.05) is 0 Å². The monoisotopic (exact) mass is 438 g/mol. The second-order valence-electron chi connectivity index (χ2n) is 5.21. The van der Waals surface area contributed by atoms with Gasteiger partial charge in [-0.15, -0.1) is 0 Å². The van der Waals surface area contributed by atoms with Gasteiger partial charge in [-0.1, -0.05) is 18.2 Å². The lowest BCUT2D eigenvalue weighted by atomic mass is 10.2. The third-order valence-electron chi connectivity index (χ3n) is 3.48. The molecule has 134 valence electrons. The molecule has 2 aromatic rings. The van der Waals surface area contributed by atoms with Crippen LogP contribution >= 0.6 is 27.7 Å². The van der Waals surface area contributed by atoms with Crippen molar-refractivity contribution in [3.63, 3.8) is 0 Å². The van der Waals surface area contributed by atoms with E-state index in [4.69, 9.17) is 4.42 Å². The zero-order chi connectivity index (χ0) is 18.7. The van der Waals surface area contributed by atoms with Crippen molar-refractivity contribution in [3.05, 3.63) is 63.1 Å². The molecule has 0 radical (unpaired) electrons. The lowest BCUT2D eigenvalue weighted by Gasteiger charge is -2.12. The summed E-state index contributed by atoms with van der Waals surface area (Å²) in [6, 6.07) is 9.06. The van der Waals surface area contributed by atoms with Crippen molar-refractivity contribution in [3.8, 4) is 0 Å². The maximum absolute atomic E-state index is 13.7. The topological polar surface area (TPSA) is 79.6 Å². The van der Waals surface area contributed by atoms with Gasteiger partial charge in [0.25, 0.3) is 17.1 Å². The van der Waals surface area contributed by atoms with Crippen LogP contribution in [0.25, 0.3) is 6.08 Å². The van der Waals surface area contributed by atoms with Gasteiger partial charge in [0.2, 0.25) is 0 Å². The van der Waals surface area contributed by atoms with Crippen molar-refractivity contribution in [1.82, 2.24) is 10.2 Å². The van der Waals surface area contributed by atoms with E-state index in [9.17, 15) is 18.8 Å². The van der Waals surface area contributed by atoms with Crippen LogP contribution in [0.5, 0.6) is 0 Å². The quantitative estimate of drug-likeness (QED) is 0.720. The standard InChI is InChI=1S/C17H12BrFN2O4S/c18-14-6-5-12(25-14)15(22)20-7-8-21-16(23)13(26-17(21)24)9-10-3-1-2-4-11(10)19/h1-6,9H,7-8H2,(H,20,22)/b13-9-. The minimum atomic E-state index is -0.516. The molecule has 1 N–H and O–H groups in total. The van der Waals surface area contributed by atoms with Crippen molar-refractivity contribution in [1.29, 1.82) is 0 Å². The summed E-state index contributed by atoms with van der Waals surface area (Å²) in [6.45, 7) is 0.0784. The predicted octanol–water partition coefficient (Wildman–Crippen LogP) is 3.65. The molecule has 0 spiro atoms. The van der Waals surface area contributed by atoms with Crippen LogP contribution in [-0.4, -0.2) is 35.0 Å². The number of carbonyl (C=O) groups is 3. The Balaban J connectivity index is 1.61. The molecule has 2 heterocycles. The van der Waals surface area contributed by atoms with Crippen molar-refractivity contribution in [2.24, 2.45) is 0 Å². The van der Waals surface area contributed by atoms with Crippen LogP contribution in [0, 0.1) is 5.82 Å². The van der Waals surface area contributed by atoms with Gasteiger partial charge < -0.3 is 9.73 Å². The summed E-state index contributed by atoms with van der Waals surface area (Å²) in [7, 11) is 0. The van der Waals surface area contributed by atoms with E-state index >= 15 is 0 Å². The molecule has 0 atom stereocenters. The van der Waals surface area contributed by atoms with Crippen molar-refractivity contribution < 1.29 is 23.2 Å². The molecular formula is C17H12BrFN2O4S. The maximum atomic E-state index is 13.7. The minimum absolute atomic E-state index is 0.00684. The van der Waals surface area contributed by atoms with Crippen LogP contribution < -0.4 is 5.32 Å². The van der Waals surface area contributed by atoms with Crippen molar-refractivity contribution >= 4 is 50.8 Å². The highest BCUT2D eigenvalue weighted by molar-refractivity contribution is 9.10. The first-order valence-electron chi connectivity index (χ1n) is 7.49. The predicted molar refractivity (Wildman–Crippen MR) is 97.8 cm³/mol. The number of furan rings is 1.